The molecule has 1 aromatic carbocycles. The number of carbonyl (C=O) groups is 2. The molecule has 1 aromatic rings. The van der Waals surface area contributed by atoms with Crippen LogP contribution < -0.4 is 16.0 Å². The maximum atomic E-state index is 12.2. The number of ether oxygens (including phenoxy) is 1. The van der Waals surface area contributed by atoms with Gasteiger partial charge in [0.05, 0.1) is 18.7 Å². The van der Waals surface area contributed by atoms with Gasteiger partial charge in [-0.25, -0.2) is 0 Å². The highest BCUT2D eigenvalue weighted by molar-refractivity contribution is 5.87. The molecular formula is C17H23N3O3. The van der Waals surface area contributed by atoms with E-state index in [4.69, 9.17) is 4.74 Å². The second-order valence-corrected chi connectivity index (χ2v) is 6.06. The summed E-state index contributed by atoms with van der Waals surface area (Å²) < 4.78 is 5.45. The molecular weight excluding hydrogens is 294 g/mol. The largest absolute Gasteiger partial charge is 0.376 e. The predicted molar refractivity (Wildman–Crippen MR) is 85.8 cm³/mol. The minimum atomic E-state index is -0.282. The molecule has 0 aromatic heterocycles. The zero-order valence-electron chi connectivity index (χ0n) is 13.1. The molecule has 2 heterocycles. The van der Waals surface area contributed by atoms with E-state index in [2.05, 4.69) is 22.0 Å². The van der Waals surface area contributed by atoms with Crippen molar-refractivity contribution in [3.05, 3.63) is 35.4 Å². The summed E-state index contributed by atoms with van der Waals surface area (Å²) in [5.41, 5.74) is 2.42. The number of fused-ring (bicyclic) bond motifs is 1. The molecule has 0 aliphatic carbocycles. The number of nitrogens with one attached hydrogen (secondary N) is 3. The molecule has 3 rings (SSSR count). The molecule has 0 spiro atoms. The van der Waals surface area contributed by atoms with Gasteiger partial charge >= 0.3 is 0 Å². The Kier molecular flexibility index (Phi) is 5.25. The Morgan fingerprint density at radius 1 is 1.22 bits per heavy atom. The Hall–Kier alpha value is -1.92. The lowest BCUT2D eigenvalue weighted by molar-refractivity contribution is -0.127. The smallest absolute Gasteiger partial charge is 0.239 e. The first kappa shape index (κ1) is 16.0. The summed E-state index contributed by atoms with van der Waals surface area (Å²) in [7, 11) is 0. The zero-order chi connectivity index (χ0) is 16.1. The van der Waals surface area contributed by atoms with E-state index in [-0.39, 0.29) is 30.5 Å². The van der Waals surface area contributed by atoms with E-state index in [0.29, 0.717) is 19.5 Å². The number of hydrogen-bond donors (Lipinski definition) is 3. The number of carbonyl (C=O) groups excluding carboxylic acids is 2. The Morgan fingerprint density at radius 2 is 2.04 bits per heavy atom. The summed E-state index contributed by atoms with van der Waals surface area (Å²) in [6.45, 7) is 1.97. The first-order valence-electron chi connectivity index (χ1n) is 8.18. The van der Waals surface area contributed by atoms with E-state index in [1.54, 1.807) is 0 Å². The van der Waals surface area contributed by atoms with E-state index in [0.717, 1.165) is 19.4 Å². The van der Waals surface area contributed by atoms with Gasteiger partial charge in [0.15, 0.2) is 0 Å². The van der Waals surface area contributed by atoms with Crippen LogP contribution in [0.4, 0.5) is 0 Å². The lowest BCUT2D eigenvalue weighted by Gasteiger charge is -2.25. The highest BCUT2D eigenvalue weighted by atomic mass is 16.5. The van der Waals surface area contributed by atoms with Gasteiger partial charge in [-0.15, -0.1) is 0 Å². The first-order valence-corrected chi connectivity index (χ1v) is 8.18. The van der Waals surface area contributed by atoms with Gasteiger partial charge in [0.2, 0.25) is 11.8 Å². The summed E-state index contributed by atoms with van der Waals surface area (Å²) in [5.74, 6) is -0.308. The highest BCUT2D eigenvalue weighted by Crippen LogP contribution is 2.16. The van der Waals surface area contributed by atoms with Crippen LogP contribution in [0, 0.1) is 0 Å². The molecule has 2 aliphatic heterocycles. The molecule has 124 valence electrons. The predicted octanol–water partition coefficient (Wildman–Crippen LogP) is 0.112. The van der Waals surface area contributed by atoms with Gasteiger partial charge in [0.25, 0.3) is 0 Å². The standard InChI is InChI=1S/C17H23N3O3/c21-16(19-10-14-6-3-7-23-14)11-20-17(22)15-8-12-4-1-2-5-13(12)9-18-15/h1-2,4-5,14-15,18H,3,6-11H2,(H,19,21)(H,20,22)/t14?,15-/m0/s1. The maximum absolute atomic E-state index is 12.2. The van der Waals surface area contributed by atoms with E-state index in [1.165, 1.54) is 11.1 Å². The maximum Gasteiger partial charge on any atom is 0.239 e. The molecule has 2 amide bonds. The SMILES string of the molecule is O=C(CNC(=O)[C@@H]1Cc2ccccc2CN1)NCC1CCCO1. The van der Waals surface area contributed by atoms with Crippen molar-refractivity contribution in [1.29, 1.82) is 0 Å². The van der Waals surface area contributed by atoms with Crippen LogP contribution in [-0.2, 0) is 27.3 Å². The van der Waals surface area contributed by atoms with Gasteiger partial charge in [-0.05, 0) is 30.4 Å². The Bertz CT molecular complexity index is 570. The number of rotatable bonds is 5. The van der Waals surface area contributed by atoms with Crippen molar-refractivity contribution in [2.75, 3.05) is 19.7 Å². The first-order chi connectivity index (χ1) is 11.2. The van der Waals surface area contributed by atoms with E-state index >= 15 is 0 Å². The molecule has 0 radical (unpaired) electrons. The molecule has 3 N–H and O–H groups in total. The summed E-state index contributed by atoms with van der Waals surface area (Å²) >= 11 is 0. The third-order valence-electron chi connectivity index (χ3n) is 4.37. The van der Waals surface area contributed by atoms with Gasteiger partial charge in [0.1, 0.15) is 0 Å². The van der Waals surface area contributed by atoms with Crippen LogP contribution in [0.5, 0.6) is 0 Å². The fourth-order valence-corrected chi connectivity index (χ4v) is 3.03. The van der Waals surface area contributed by atoms with Crippen LogP contribution >= 0.6 is 0 Å². The van der Waals surface area contributed by atoms with E-state index < -0.39 is 0 Å². The third kappa shape index (κ3) is 4.30. The number of hydrogen-bond acceptors (Lipinski definition) is 4. The Balaban J connectivity index is 1.40. The average Bonchev–Trinajstić information content (AvgIpc) is 3.11. The molecule has 0 bridgehead atoms. The molecule has 2 aliphatic rings. The molecule has 6 heteroatoms. The number of benzene rings is 1. The lowest BCUT2D eigenvalue weighted by Crippen LogP contribution is -2.50. The van der Waals surface area contributed by atoms with Crippen LogP contribution in [-0.4, -0.2) is 43.7 Å². The lowest BCUT2D eigenvalue weighted by atomic mass is 9.95. The van der Waals surface area contributed by atoms with Gasteiger partial charge in [-0.3, -0.25) is 9.59 Å². The monoisotopic (exact) mass is 317 g/mol. The van der Waals surface area contributed by atoms with Gasteiger partial charge in [-0.2, -0.15) is 0 Å². The van der Waals surface area contributed by atoms with E-state index in [9.17, 15) is 9.59 Å². The van der Waals surface area contributed by atoms with Crippen molar-refractivity contribution >= 4 is 11.8 Å². The molecule has 6 nitrogen and oxygen atoms in total. The molecule has 0 saturated carbocycles. The van der Waals surface area contributed by atoms with Crippen LogP contribution in [0.1, 0.15) is 24.0 Å². The topological polar surface area (TPSA) is 79.5 Å². The van der Waals surface area contributed by atoms with Crippen molar-refractivity contribution < 1.29 is 14.3 Å². The van der Waals surface area contributed by atoms with Crippen LogP contribution in [0.25, 0.3) is 0 Å². The quantitative estimate of drug-likeness (QED) is 0.720. The van der Waals surface area contributed by atoms with Crippen molar-refractivity contribution in [3.8, 4) is 0 Å². The summed E-state index contributed by atoms with van der Waals surface area (Å²) in [6, 6.07) is 7.81. The summed E-state index contributed by atoms with van der Waals surface area (Å²) in [6.07, 6.45) is 2.80. The van der Waals surface area contributed by atoms with Crippen molar-refractivity contribution in [2.24, 2.45) is 0 Å². The molecule has 2 atom stereocenters. The molecule has 1 saturated heterocycles. The van der Waals surface area contributed by atoms with Gasteiger partial charge in [0, 0.05) is 19.7 Å². The molecule has 23 heavy (non-hydrogen) atoms. The minimum Gasteiger partial charge on any atom is -0.376 e. The average molecular weight is 317 g/mol. The third-order valence-corrected chi connectivity index (χ3v) is 4.37. The minimum absolute atomic E-state index is 0.00534. The fraction of sp³-hybridized carbons (Fsp3) is 0.529. The van der Waals surface area contributed by atoms with Crippen LogP contribution in [0.2, 0.25) is 0 Å². The second kappa shape index (κ2) is 7.57. The fourth-order valence-electron chi connectivity index (χ4n) is 3.03. The Morgan fingerprint density at radius 3 is 2.83 bits per heavy atom. The summed E-state index contributed by atoms with van der Waals surface area (Å²) in [5, 5.41) is 8.72. The van der Waals surface area contributed by atoms with Crippen molar-refractivity contribution in [2.45, 2.75) is 38.0 Å². The van der Waals surface area contributed by atoms with Crippen molar-refractivity contribution in [1.82, 2.24) is 16.0 Å². The van der Waals surface area contributed by atoms with Gasteiger partial charge < -0.3 is 20.7 Å². The van der Waals surface area contributed by atoms with E-state index in [1.807, 2.05) is 18.2 Å². The molecule has 1 unspecified atom stereocenters. The molecule has 1 fully saturated rings. The normalized spacial score (nSPS) is 23.1. The van der Waals surface area contributed by atoms with Crippen molar-refractivity contribution in [3.63, 3.8) is 0 Å². The number of amides is 2. The second-order valence-electron chi connectivity index (χ2n) is 6.06. The Labute approximate surface area is 136 Å². The van der Waals surface area contributed by atoms with Gasteiger partial charge in [-0.1, -0.05) is 24.3 Å². The summed E-state index contributed by atoms with van der Waals surface area (Å²) in [4.78, 5) is 24.0. The zero-order valence-corrected chi connectivity index (χ0v) is 13.1. The highest BCUT2D eigenvalue weighted by Gasteiger charge is 2.24. The van der Waals surface area contributed by atoms with Crippen LogP contribution in [0.3, 0.4) is 0 Å². The van der Waals surface area contributed by atoms with Crippen LogP contribution in [0.15, 0.2) is 24.3 Å².